The number of aromatic nitrogens is 1. The topological polar surface area (TPSA) is 108 Å². The molecule has 0 aliphatic carbocycles. The number of hydrogen-bond donors (Lipinski definition) is 2. The first kappa shape index (κ1) is 22.7. The van der Waals surface area contributed by atoms with E-state index in [4.69, 9.17) is 4.52 Å². The summed E-state index contributed by atoms with van der Waals surface area (Å²) in [6.07, 6.45) is -0.394. The number of likely N-dealkylation sites (tertiary alicyclic amines) is 1. The number of aliphatic hydroxyl groups is 1. The summed E-state index contributed by atoms with van der Waals surface area (Å²) in [6.45, 7) is 7.65. The van der Waals surface area contributed by atoms with Crippen molar-refractivity contribution in [1.29, 1.82) is 0 Å². The first-order valence-electron chi connectivity index (χ1n) is 10.7. The minimum Gasteiger partial charge on any atom is -0.391 e. The highest BCUT2D eigenvalue weighted by Crippen LogP contribution is 2.34. The molecule has 0 spiro atoms. The van der Waals surface area contributed by atoms with E-state index in [0.29, 0.717) is 23.7 Å². The molecule has 1 aromatic heterocycles. The lowest BCUT2D eigenvalue weighted by molar-refractivity contribution is -0.134. The highest BCUT2D eigenvalue weighted by atomic mass is 79.9. The van der Waals surface area contributed by atoms with E-state index < -0.39 is 23.6 Å². The van der Waals surface area contributed by atoms with Crippen LogP contribution in [0.25, 0.3) is 0 Å². The molecule has 1 aromatic carbocycles. The van der Waals surface area contributed by atoms with E-state index in [2.05, 4.69) is 31.4 Å². The summed E-state index contributed by atoms with van der Waals surface area (Å²) in [5.74, 6) is -0.177. The van der Waals surface area contributed by atoms with Crippen LogP contribution in [-0.4, -0.2) is 51.5 Å². The number of carbonyl (C=O) groups is 2. The largest absolute Gasteiger partial charge is 0.391 e. The van der Waals surface area contributed by atoms with Gasteiger partial charge in [0.25, 0.3) is 5.91 Å². The van der Waals surface area contributed by atoms with Crippen LogP contribution in [0.15, 0.2) is 44.3 Å². The minimum absolute atomic E-state index is 0.0404. The fourth-order valence-corrected chi connectivity index (χ4v) is 4.72. The maximum absolute atomic E-state index is 13.6. The molecule has 170 valence electrons. The van der Waals surface area contributed by atoms with Crippen molar-refractivity contribution in [3.63, 3.8) is 0 Å². The Balaban J connectivity index is 1.61. The number of carbonyl (C=O) groups excluding carboxylic acids is 2. The van der Waals surface area contributed by atoms with Crippen molar-refractivity contribution >= 4 is 33.6 Å². The van der Waals surface area contributed by atoms with Crippen LogP contribution >= 0.6 is 15.9 Å². The lowest BCUT2D eigenvalue weighted by Gasteiger charge is -2.31. The number of aliphatic imine (C=N–C) groups is 1. The Morgan fingerprint density at radius 2 is 2.03 bits per heavy atom. The number of nitrogens with one attached hydrogen (secondary N) is 1. The second kappa shape index (κ2) is 8.44. The number of β-amino-alcohol motifs (C(OH)–C–C–N with tert-alkyl or cyclic N) is 1. The third-order valence-corrected chi connectivity index (χ3v) is 6.74. The predicted molar refractivity (Wildman–Crippen MR) is 122 cm³/mol. The van der Waals surface area contributed by atoms with Crippen LogP contribution in [0.1, 0.15) is 50.1 Å². The third-order valence-electron chi connectivity index (χ3n) is 6.21. The monoisotopic (exact) mass is 502 g/mol. The van der Waals surface area contributed by atoms with Gasteiger partial charge in [-0.2, -0.15) is 4.99 Å². The van der Waals surface area contributed by atoms with E-state index in [1.807, 2.05) is 45.0 Å². The van der Waals surface area contributed by atoms with Gasteiger partial charge in [-0.1, -0.05) is 47.1 Å². The average molecular weight is 503 g/mol. The summed E-state index contributed by atoms with van der Waals surface area (Å²) in [5.41, 5.74) is 0.449. The average Bonchev–Trinajstić information content (AvgIpc) is 3.40. The van der Waals surface area contributed by atoms with Crippen LogP contribution in [0.3, 0.4) is 0 Å². The normalized spacial score (nSPS) is 26.4. The van der Waals surface area contributed by atoms with Gasteiger partial charge in [0.15, 0.2) is 0 Å². The highest BCUT2D eigenvalue weighted by Gasteiger charge is 2.48. The molecule has 0 unspecified atom stereocenters. The molecule has 3 heterocycles. The fraction of sp³-hybridized carbons (Fsp3) is 0.478. The molecule has 0 bridgehead atoms. The Hall–Kier alpha value is -2.52. The number of halogens is 1. The number of benzene rings is 1. The number of aliphatic hydroxyl groups excluding tert-OH is 1. The van der Waals surface area contributed by atoms with Crippen molar-refractivity contribution in [2.75, 3.05) is 6.54 Å². The molecule has 9 heteroatoms. The zero-order valence-electron chi connectivity index (χ0n) is 18.5. The molecule has 0 radical (unpaired) electrons. The first-order valence-corrected chi connectivity index (χ1v) is 11.5. The number of rotatable bonds is 5. The standard InChI is InChI=1S/C23H27BrN4O4/c1-12(2)19(18-9-13(3)27-32-18)21(30)28-11-16(29)10-17(28)20-25-22(31)23(4,26-20)14-5-7-15(24)8-6-14/h5-9,12,16-17,19,29H,10-11H2,1-4H3,(H,25,26,31)/t16-,17+,19+,23+/m1/s1. The van der Waals surface area contributed by atoms with Gasteiger partial charge >= 0.3 is 0 Å². The van der Waals surface area contributed by atoms with Crippen LogP contribution in [0.4, 0.5) is 0 Å². The molecular weight excluding hydrogens is 476 g/mol. The zero-order valence-corrected chi connectivity index (χ0v) is 20.1. The van der Waals surface area contributed by atoms with Gasteiger partial charge in [-0.3, -0.25) is 9.59 Å². The molecule has 8 nitrogen and oxygen atoms in total. The van der Waals surface area contributed by atoms with E-state index in [1.54, 1.807) is 17.9 Å². The second-order valence-corrected chi connectivity index (χ2v) is 9.96. The highest BCUT2D eigenvalue weighted by molar-refractivity contribution is 9.10. The van der Waals surface area contributed by atoms with Crippen LogP contribution in [0.2, 0.25) is 0 Å². The molecule has 32 heavy (non-hydrogen) atoms. The summed E-state index contributed by atoms with van der Waals surface area (Å²) in [4.78, 5) is 32.4. The number of aryl methyl sites for hydroxylation is 1. The van der Waals surface area contributed by atoms with Gasteiger partial charge in [0.1, 0.15) is 23.1 Å². The molecule has 2 aliphatic rings. The lowest BCUT2D eigenvalue weighted by Crippen LogP contribution is -2.51. The fourth-order valence-electron chi connectivity index (χ4n) is 4.46. The number of nitrogens with zero attached hydrogens (tertiary/aromatic N) is 3. The van der Waals surface area contributed by atoms with Gasteiger partial charge in [0.2, 0.25) is 5.91 Å². The summed E-state index contributed by atoms with van der Waals surface area (Å²) in [6, 6.07) is 8.71. The number of hydrogen-bond acceptors (Lipinski definition) is 6. The minimum atomic E-state index is -1.03. The van der Waals surface area contributed by atoms with Crippen molar-refractivity contribution in [2.24, 2.45) is 10.9 Å². The van der Waals surface area contributed by atoms with Gasteiger partial charge in [-0.05, 0) is 37.5 Å². The molecule has 2 aromatic rings. The summed E-state index contributed by atoms with van der Waals surface area (Å²) in [5, 5.41) is 17.6. The lowest BCUT2D eigenvalue weighted by atomic mass is 9.91. The molecule has 2 aliphatic heterocycles. The number of amides is 2. The van der Waals surface area contributed by atoms with Crippen molar-refractivity contribution in [3.05, 3.63) is 51.8 Å². The molecule has 1 saturated heterocycles. The van der Waals surface area contributed by atoms with Gasteiger partial charge in [-0.25, -0.2) is 0 Å². The Labute approximate surface area is 195 Å². The summed E-state index contributed by atoms with van der Waals surface area (Å²) < 4.78 is 6.32. The molecule has 2 N–H and O–H groups in total. The Kier molecular flexibility index (Phi) is 5.98. The molecule has 4 rings (SSSR count). The van der Waals surface area contributed by atoms with Crippen LogP contribution in [-0.2, 0) is 15.1 Å². The third kappa shape index (κ3) is 3.99. The van der Waals surface area contributed by atoms with Gasteiger partial charge in [0.05, 0.1) is 17.8 Å². The Morgan fingerprint density at radius 1 is 1.34 bits per heavy atom. The Bertz CT molecular complexity index is 1060. The van der Waals surface area contributed by atoms with Crippen molar-refractivity contribution in [1.82, 2.24) is 15.4 Å². The van der Waals surface area contributed by atoms with Crippen molar-refractivity contribution < 1.29 is 19.2 Å². The first-order chi connectivity index (χ1) is 15.1. The maximum atomic E-state index is 13.6. The van der Waals surface area contributed by atoms with Gasteiger partial charge in [0, 0.05) is 23.5 Å². The van der Waals surface area contributed by atoms with E-state index in [9.17, 15) is 14.7 Å². The smallest absolute Gasteiger partial charge is 0.277 e. The van der Waals surface area contributed by atoms with E-state index in [-0.39, 0.29) is 24.3 Å². The quantitative estimate of drug-likeness (QED) is 0.650. The SMILES string of the molecule is Cc1cc([C@@H](C(=O)N2C[C@H](O)C[C@H]2C2=NC(=O)[C@](C)(c3ccc(Br)cc3)N2)C(C)C)on1. The molecular formula is C23H27BrN4O4. The molecule has 0 saturated carbocycles. The summed E-state index contributed by atoms with van der Waals surface area (Å²) in [7, 11) is 0. The van der Waals surface area contributed by atoms with Crippen LogP contribution < -0.4 is 5.32 Å². The van der Waals surface area contributed by atoms with E-state index in [0.717, 1.165) is 10.0 Å². The van der Waals surface area contributed by atoms with Crippen molar-refractivity contribution in [2.45, 2.75) is 57.7 Å². The van der Waals surface area contributed by atoms with E-state index >= 15 is 0 Å². The predicted octanol–water partition coefficient (Wildman–Crippen LogP) is 2.89. The second-order valence-electron chi connectivity index (χ2n) is 9.05. The zero-order chi connectivity index (χ0) is 23.2. The molecule has 2 amide bonds. The maximum Gasteiger partial charge on any atom is 0.277 e. The number of amidine groups is 1. The van der Waals surface area contributed by atoms with Gasteiger partial charge < -0.3 is 19.8 Å². The molecule has 4 atom stereocenters. The van der Waals surface area contributed by atoms with Crippen LogP contribution in [0.5, 0.6) is 0 Å². The van der Waals surface area contributed by atoms with Crippen molar-refractivity contribution in [3.8, 4) is 0 Å². The van der Waals surface area contributed by atoms with Gasteiger partial charge in [-0.15, -0.1) is 0 Å². The Morgan fingerprint density at radius 3 is 2.62 bits per heavy atom. The molecule has 1 fully saturated rings. The van der Waals surface area contributed by atoms with E-state index in [1.165, 1.54) is 0 Å². The summed E-state index contributed by atoms with van der Waals surface area (Å²) >= 11 is 3.41. The van der Waals surface area contributed by atoms with Crippen LogP contribution in [0, 0.1) is 12.8 Å².